The Morgan fingerprint density at radius 1 is 1.20 bits per heavy atom. The SMILES string of the molecule is Cc1cc2c(cc1-c1nc(C(=O)O)c(C)o1)OCCO2. The second-order valence-electron chi connectivity index (χ2n) is 4.54. The first kappa shape index (κ1) is 12.5. The van der Waals surface area contributed by atoms with Crippen molar-refractivity contribution in [2.45, 2.75) is 13.8 Å². The summed E-state index contributed by atoms with van der Waals surface area (Å²) in [5.41, 5.74) is 1.51. The number of fused-ring (bicyclic) bond motifs is 1. The fourth-order valence-corrected chi connectivity index (χ4v) is 2.13. The van der Waals surface area contributed by atoms with Gasteiger partial charge >= 0.3 is 5.97 Å². The molecule has 0 saturated carbocycles. The number of nitrogens with zero attached hydrogens (tertiary/aromatic N) is 1. The third kappa shape index (κ3) is 1.99. The van der Waals surface area contributed by atoms with E-state index in [-0.39, 0.29) is 17.3 Å². The number of aromatic carboxylic acids is 1. The maximum atomic E-state index is 11.0. The van der Waals surface area contributed by atoms with Crippen molar-refractivity contribution in [1.82, 2.24) is 4.98 Å². The van der Waals surface area contributed by atoms with Crippen molar-refractivity contribution in [2.75, 3.05) is 13.2 Å². The van der Waals surface area contributed by atoms with E-state index < -0.39 is 5.97 Å². The average molecular weight is 275 g/mol. The molecule has 0 bridgehead atoms. The van der Waals surface area contributed by atoms with Crippen LogP contribution >= 0.6 is 0 Å². The number of hydrogen-bond acceptors (Lipinski definition) is 5. The van der Waals surface area contributed by atoms with Crippen LogP contribution in [0.25, 0.3) is 11.5 Å². The third-order valence-electron chi connectivity index (χ3n) is 3.12. The van der Waals surface area contributed by atoms with Gasteiger partial charge in [-0.2, -0.15) is 0 Å². The van der Waals surface area contributed by atoms with E-state index in [0.29, 0.717) is 30.3 Å². The number of carboxylic acids is 1. The van der Waals surface area contributed by atoms with Crippen molar-refractivity contribution < 1.29 is 23.8 Å². The van der Waals surface area contributed by atoms with Gasteiger partial charge in [-0.05, 0) is 31.5 Å². The Morgan fingerprint density at radius 2 is 1.85 bits per heavy atom. The van der Waals surface area contributed by atoms with Crippen molar-refractivity contribution in [3.8, 4) is 23.0 Å². The van der Waals surface area contributed by atoms with Gasteiger partial charge in [0.15, 0.2) is 17.2 Å². The van der Waals surface area contributed by atoms with Crippen LogP contribution in [-0.2, 0) is 0 Å². The van der Waals surface area contributed by atoms with Gasteiger partial charge in [-0.3, -0.25) is 0 Å². The van der Waals surface area contributed by atoms with Crippen LogP contribution in [0.2, 0.25) is 0 Å². The summed E-state index contributed by atoms with van der Waals surface area (Å²) in [6.07, 6.45) is 0. The molecule has 1 aromatic heterocycles. The average Bonchev–Trinajstić information content (AvgIpc) is 2.80. The Labute approximate surface area is 115 Å². The van der Waals surface area contributed by atoms with E-state index in [1.165, 1.54) is 0 Å². The summed E-state index contributed by atoms with van der Waals surface area (Å²) in [6.45, 7) is 4.47. The zero-order valence-corrected chi connectivity index (χ0v) is 11.1. The Bertz CT molecular complexity index is 689. The molecule has 1 aliphatic heterocycles. The molecule has 1 N–H and O–H groups in total. The van der Waals surface area contributed by atoms with Gasteiger partial charge < -0.3 is 19.0 Å². The highest BCUT2D eigenvalue weighted by molar-refractivity contribution is 5.87. The third-order valence-corrected chi connectivity index (χ3v) is 3.12. The molecule has 0 radical (unpaired) electrons. The highest BCUT2D eigenvalue weighted by Gasteiger charge is 2.21. The number of rotatable bonds is 2. The lowest BCUT2D eigenvalue weighted by molar-refractivity contribution is 0.0689. The Morgan fingerprint density at radius 3 is 2.45 bits per heavy atom. The quantitative estimate of drug-likeness (QED) is 0.906. The van der Waals surface area contributed by atoms with Crippen molar-refractivity contribution in [2.24, 2.45) is 0 Å². The van der Waals surface area contributed by atoms with E-state index in [2.05, 4.69) is 4.98 Å². The number of ether oxygens (including phenoxy) is 2. The van der Waals surface area contributed by atoms with Crippen LogP contribution < -0.4 is 9.47 Å². The molecular weight excluding hydrogens is 262 g/mol. The maximum absolute atomic E-state index is 11.0. The number of aryl methyl sites for hydroxylation is 2. The topological polar surface area (TPSA) is 81.8 Å². The van der Waals surface area contributed by atoms with E-state index in [0.717, 1.165) is 5.56 Å². The minimum atomic E-state index is -1.10. The molecule has 0 spiro atoms. The summed E-state index contributed by atoms with van der Waals surface area (Å²) < 4.78 is 16.5. The smallest absolute Gasteiger partial charge is 0.358 e. The lowest BCUT2D eigenvalue weighted by Crippen LogP contribution is -2.15. The van der Waals surface area contributed by atoms with Gasteiger partial charge in [-0.25, -0.2) is 9.78 Å². The first-order chi connectivity index (χ1) is 9.56. The van der Waals surface area contributed by atoms with Crippen molar-refractivity contribution >= 4 is 5.97 Å². The summed E-state index contributed by atoms with van der Waals surface area (Å²) in [5.74, 6) is 0.743. The molecule has 0 saturated heterocycles. The fraction of sp³-hybridized carbons (Fsp3) is 0.286. The van der Waals surface area contributed by atoms with Crippen LogP contribution in [0.4, 0.5) is 0 Å². The highest BCUT2D eigenvalue weighted by Crippen LogP contribution is 2.37. The molecule has 0 fully saturated rings. The zero-order chi connectivity index (χ0) is 14.3. The molecule has 1 aliphatic rings. The molecule has 0 amide bonds. The van der Waals surface area contributed by atoms with Crippen LogP contribution in [-0.4, -0.2) is 29.3 Å². The first-order valence-corrected chi connectivity index (χ1v) is 6.17. The molecule has 0 unspecified atom stereocenters. The van der Waals surface area contributed by atoms with Gasteiger partial charge in [0.25, 0.3) is 0 Å². The molecule has 104 valence electrons. The predicted molar refractivity (Wildman–Crippen MR) is 69.4 cm³/mol. The van der Waals surface area contributed by atoms with Crippen molar-refractivity contribution in [1.29, 1.82) is 0 Å². The highest BCUT2D eigenvalue weighted by atomic mass is 16.6. The Hall–Kier alpha value is -2.50. The van der Waals surface area contributed by atoms with Crippen LogP contribution in [0, 0.1) is 13.8 Å². The molecule has 6 heteroatoms. The largest absolute Gasteiger partial charge is 0.486 e. The van der Waals surface area contributed by atoms with E-state index in [9.17, 15) is 4.79 Å². The molecule has 20 heavy (non-hydrogen) atoms. The van der Waals surface area contributed by atoms with Crippen LogP contribution in [0.1, 0.15) is 21.8 Å². The van der Waals surface area contributed by atoms with Crippen LogP contribution in [0.5, 0.6) is 11.5 Å². The first-order valence-electron chi connectivity index (χ1n) is 6.17. The number of carbonyl (C=O) groups is 1. The Kier molecular flexibility index (Phi) is 2.85. The molecule has 2 heterocycles. The van der Waals surface area contributed by atoms with E-state index >= 15 is 0 Å². The number of benzene rings is 1. The second kappa shape index (κ2) is 4.56. The maximum Gasteiger partial charge on any atom is 0.358 e. The molecule has 1 aromatic carbocycles. The molecule has 0 atom stereocenters. The summed E-state index contributed by atoms with van der Waals surface area (Å²) >= 11 is 0. The van der Waals surface area contributed by atoms with Gasteiger partial charge in [0, 0.05) is 5.56 Å². The van der Waals surface area contributed by atoms with Gasteiger partial charge in [0.05, 0.1) is 0 Å². The number of oxazole rings is 1. The lowest BCUT2D eigenvalue weighted by Gasteiger charge is -2.19. The molecule has 2 aromatic rings. The minimum absolute atomic E-state index is 0.0747. The van der Waals surface area contributed by atoms with Crippen LogP contribution in [0.15, 0.2) is 16.5 Å². The van der Waals surface area contributed by atoms with Crippen molar-refractivity contribution in [3.05, 3.63) is 29.2 Å². The molecule has 3 rings (SSSR count). The molecule has 0 aliphatic carbocycles. The summed E-state index contributed by atoms with van der Waals surface area (Å²) in [4.78, 5) is 15.0. The monoisotopic (exact) mass is 275 g/mol. The van der Waals surface area contributed by atoms with Gasteiger partial charge in [-0.1, -0.05) is 0 Å². The van der Waals surface area contributed by atoms with Gasteiger partial charge in [0.2, 0.25) is 5.89 Å². The fourth-order valence-electron chi connectivity index (χ4n) is 2.13. The minimum Gasteiger partial charge on any atom is -0.486 e. The lowest BCUT2D eigenvalue weighted by atomic mass is 10.1. The summed E-state index contributed by atoms with van der Waals surface area (Å²) in [6, 6.07) is 3.60. The summed E-state index contributed by atoms with van der Waals surface area (Å²) in [7, 11) is 0. The van der Waals surface area contributed by atoms with Gasteiger partial charge in [0.1, 0.15) is 19.0 Å². The van der Waals surface area contributed by atoms with Crippen LogP contribution in [0.3, 0.4) is 0 Å². The van der Waals surface area contributed by atoms with Crippen molar-refractivity contribution in [3.63, 3.8) is 0 Å². The molecular formula is C14H13NO5. The van der Waals surface area contributed by atoms with E-state index in [1.807, 2.05) is 13.0 Å². The molecule has 6 nitrogen and oxygen atoms in total. The second-order valence-corrected chi connectivity index (χ2v) is 4.54. The van der Waals surface area contributed by atoms with E-state index in [1.54, 1.807) is 13.0 Å². The van der Waals surface area contributed by atoms with Gasteiger partial charge in [-0.15, -0.1) is 0 Å². The Balaban J connectivity index is 2.10. The van der Waals surface area contributed by atoms with E-state index in [4.69, 9.17) is 19.0 Å². The normalized spacial score (nSPS) is 13.3. The standard InChI is InChI=1S/C14H13NO5/c1-7-5-10-11(19-4-3-18-10)6-9(7)13-15-12(14(16)17)8(2)20-13/h5-6H,3-4H2,1-2H3,(H,16,17). The number of hydrogen-bond donors (Lipinski definition) is 1. The zero-order valence-electron chi connectivity index (χ0n) is 11.1. The number of carboxylic acid groups (broad SMARTS) is 1. The number of aromatic nitrogens is 1. The summed E-state index contributed by atoms with van der Waals surface area (Å²) in [5, 5.41) is 9.02. The predicted octanol–water partition coefficient (Wildman–Crippen LogP) is 2.43.